The first-order valence-corrected chi connectivity index (χ1v) is 7.77. The molecule has 8 heteroatoms. The van der Waals surface area contributed by atoms with Crippen LogP contribution in [0.5, 0.6) is 0 Å². The third-order valence-electron chi connectivity index (χ3n) is 3.52. The van der Waals surface area contributed by atoms with Gasteiger partial charge in [-0.3, -0.25) is 4.79 Å². The Hall–Kier alpha value is -3.03. The predicted molar refractivity (Wildman–Crippen MR) is 92.8 cm³/mol. The zero-order chi connectivity index (χ0) is 19.3. The molecule has 0 heterocycles. The van der Waals surface area contributed by atoms with Crippen LogP contribution in [-0.4, -0.2) is 11.9 Å². The minimum atomic E-state index is -4.42. The molecule has 0 bridgehead atoms. The van der Waals surface area contributed by atoms with Gasteiger partial charge in [0.2, 0.25) is 5.91 Å². The molecule has 1 unspecified atom stereocenters. The lowest BCUT2D eigenvalue weighted by Gasteiger charge is -2.16. The highest BCUT2D eigenvalue weighted by Crippen LogP contribution is 2.29. The molecule has 0 aromatic heterocycles. The summed E-state index contributed by atoms with van der Waals surface area (Å²) in [7, 11) is 0. The van der Waals surface area contributed by atoms with Crippen LogP contribution in [0.3, 0.4) is 0 Å². The average Bonchev–Trinajstić information content (AvgIpc) is 2.54. The van der Waals surface area contributed by atoms with Crippen LogP contribution in [0.25, 0.3) is 0 Å². The Morgan fingerprint density at radius 1 is 0.962 bits per heavy atom. The normalized spacial score (nSPS) is 12.2. The smallest absolute Gasteiger partial charge is 0.331 e. The molecule has 0 aliphatic carbocycles. The van der Waals surface area contributed by atoms with Gasteiger partial charge in [-0.25, -0.2) is 4.79 Å². The Labute approximate surface area is 148 Å². The van der Waals surface area contributed by atoms with Crippen molar-refractivity contribution in [3.05, 3.63) is 59.7 Å². The standard InChI is InChI=1S/C18H18F3N3O2/c1-11(13-4-3-5-16(10-13)23-12(2)25)22-17(26)24-15-8-6-14(7-9-15)18(19,20)21/h3-11H,1-2H3,(H,23,25)(H2,22,24,26). The number of anilines is 2. The van der Waals surface area contributed by atoms with E-state index < -0.39 is 17.8 Å². The number of alkyl halides is 3. The van der Waals surface area contributed by atoms with E-state index in [1.807, 2.05) is 0 Å². The van der Waals surface area contributed by atoms with Crippen molar-refractivity contribution in [3.8, 4) is 0 Å². The zero-order valence-corrected chi connectivity index (χ0v) is 14.1. The number of halogens is 3. The number of hydrogen-bond acceptors (Lipinski definition) is 2. The van der Waals surface area contributed by atoms with Gasteiger partial charge in [0.05, 0.1) is 11.6 Å². The second kappa shape index (κ2) is 7.90. The molecule has 0 radical (unpaired) electrons. The van der Waals surface area contributed by atoms with Crippen LogP contribution in [-0.2, 0) is 11.0 Å². The monoisotopic (exact) mass is 365 g/mol. The Kier molecular flexibility index (Phi) is 5.86. The van der Waals surface area contributed by atoms with Crippen LogP contribution in [0.1, 0.15) is 31.0 Å². The lowest BCUT2D eigenvalue weighted by Crippen LogP contribution is -2.31. The number of amides is 3. The van der Waals surface area contributed by atoms with E-state index in [4.69, 9.17) is 0 Å². The quantitative estimate of drug-likeness (QED) is 0.744. The largest absolute Gasteiger partial charge is 0.416 e. The highest BCUT2D eigenvalue weighted by atomic mass is 19.4. The van der Waals surface area contributed by atoms with E-state index in [1.165, 1.54) is 19.1 Å². The molecule has 1 atom stereocenters. The fraction of sp³-hybridized carbons (Fsp3) is 0.222. The van der Waals surface area contributed by atoms with Gasteiger partial charge in [-0.2, -0.15) is 13.2 Å². The zero-order valence-electron chi connectivity index (χ0n) is 14.1. The molecule has 2 aromatic rings. The summed E-state index contributed by atoms with van der Waals surface area (Å²) >= 11 is 0. The van der Waals surface area contributed by atoms with E-state index in [1.54, 1.807) is 31.2 Å². The molecule has 0 fully saturated rings. The van der Waals surface area contributed by atoms with Crippen molar-refractivity contribution >= 4 is 23.3 Å². The molecule has 0 saturated heterocycles. The second-order valence-electron chi connectivity index (χ2n) is 5.70. The molecule has 138 valence electrons. The van der Waals surface area contributed by atoms with Crippen LogP contribution in [0.4, 0.5) is 29.3 Å². The summed E-state index contributed by atoms with van der Waals surface area (Å²) in [6.45, 7) is 3.14. The third kappa shape index (κ3) is 5.51. The lowest BCUT2D eigenvalue weighted by atomic mass is 10.1. The van der Waals surface area contributed by atoms with Crippen LogP contribution in [0.2, 0.25) is 0 Å². The Bertz CT molecular complexity index is 789. The van der Waals surface area contributed by atoms with E-state index in [-0.39, 0.29) is 17.6 Å². The van der Waals surface area contributed by atoms with Gasteiger partial charge >= 0.3 is 12.2 Å². The molecule has 0 saturated carbocycles. The number of rotatable bonds is 4. The third-order valence-corrected chi connectivity index (χ3v) is 3.52. The molecule has 3 amide bonds. The van der Waals surface area contributed by atoms with Crippen molar-refractivity contribution < 1.29 is 22.8 Å². The Morgan fingerprint density at radius 2 is 1.62 bits per heavy atom. The van der Waals surface area contributed by atoms with Gasteiger partial charge in [0.15, 0.2) is 0 Å². The number of nitrogens with one attached hydrogen (secondary N) is 3. The molecule has 2 aromatic carbocycles. The van der Waals surface area contributed by atoms with Gasteiger partial charge in [-0.05, 0) is 48.9 Å². The van der Waals surface area contributed by atoms with Gasteiger partial charge in [0, 0.05) is 18.3 Å². The van der Waals surface area contributed by atoms with Gasteiger partial charge in [0.25, 0.3) is 0 Å². The Morgan fingerprint density at radius 3 is 2.19 bits per heavy atom. The topological polar surface area (TPSA) is 70.2 Å². The van der Waals surface area contributed by atoms with E-state index in [0.717, 1.165) is 17.7 Å². The number of hydrogen-bond donors (Lipinski definition) is 3. The minimum Gasteiger partial charge on any atom is -0.331 e. The number of benzene rings is 2. The summed E-state index contributed by atoms with van der Waals surface area (Å²) in [4.78, 5) is 23.1. The van der Waals surface area contributed by atoms with Gasteiger partial charge in [-0.15, -0.1) is 0 Å². The van der Waals surface area contributed by atoms with Crippen molar-refractivity contribution in [1.29, 1.82) is 0 Å². The molecular weight excluding hydrogens is 347 g/mol. The predicted octanol–water partition coefficient (Wildman–Crippen LogP) is 4.55. The van der Waals surface area contributed by atoms with Crippen LogP contribution in [0, 0.1) is 0 Å². The highest BCUT2D eigenvalue weighted by molar-refractivity contribution is 5.90. The van der Waals surface area contributed by atoms with E-state index in [2.05, 4.69) is 16.0 Å². The van der Waals surface area contributed by atoms with Gasteiger partial charge in [-0.1, -0.05) is 12.1 Å². The maximum absolute atomic E-state index is 12.5. The fourth-order valence-electron chi connectivity index (χ4n) is 2.28. The first kappa shape index (κ1) is 19.3. The first-order chi connectivity index (χ1) is 12.1. The van der Waals surface area contributed by atoms with Crippen molar-refractivity contribution in [2.75, 3.05) is 10.6 Å². The first-order valence-electron chi connectivity index (χ1n) is 7.77. The Balaban J connectivity index is 1.98. The van der Waals surface area contributed by atoms with Gasteiger partial charge in [0.1, 0.15) is 0 Å². The molecule has 26 heavy (non-hydrogen) atoms. The van der Waals surface area contributed by atoms with Crippen LogP contribution in [0.15, 0.2) is 48.5 Å². The molecular formula is C18H18F3N3O2. The molecule has 0 aliphatic heterocycles. The summed E-state index contributed by atoms with van der Waals surface area (Å²) in [5.74, 6) is -0.206. The summed E-state index contributed by atoms with van der Waals surface area (Å²) in [5, 5.41) is 7.82. The number of urea groups is 1. The number of carbonyl (C=O) groups is 2. The van der Waals surface area contributed by atoms with E-state index >= 15 is 0 Å². The molecule has 0 aliphatic rings. The maximum atomic E-state index is 12.5. The van der Waals surface area contributed by atoms with Gasteiger partial charge < -0.3 is 16.0 Å². The van der Waals surface area contributed by atoms with Crippen molar-refractivity contribution in [2.24, 2.45) is 0 Å². The highest BCUT2D eigenvalue weighted by Gasteiger charge is 2.30. The van der Waals surface area contributed by atoms with Crippen molar-refractivity contribution in [2.45, 2.75) is 26.1 Å². The van der Waals surface area contributed by atoms with E-state index in [0.29, 0.717) is 5.69 Å². The minimum absolute atomic E-state index is 0.206. The average molecular weight is 365 g/mol. The summed E-state index contributed by atoms with van der Waals surface area (Å²) in [5.41, 5.74) is 0.826. The molecule has 5 nitrogen and oxygen atoms in total. The fourth-order valence-corrected chi connectivity index (χ4v) is 2.28. The molecule has 3 N–H and O–H groups in total. The van der Waals surface area contributed by atoms with Crippen molar-refractivity contribution in [1.82, 2.24) is 5.32 Å². The lowest BCUT2D eigenvalue weighted by molar-refractivity contribution is -0.137. The van der Waals surface area contributed by atoms with Crippen molar-refractivity contribution in [3.63, 3.8) is 0 Å². The molecule has 0 spiro atoms. The summed E-state index contributed by atoms with van der Waals surface area (Å²) in [6.07, 6.45) is -4.42. The van der Waals surface area contributed by atoms with Crippen LogP contribution >= 0.6 is 0 Å². The molecule has 2 rings (SSSR count). The summed E-state index contributed by atoms with van der Waals surface area (Å²) < 4.78 is 37.6. The van der Waals surface area contributed by atoms with Crippen LogP contribution < -0.4 is 16.0 Å². The second-order valence-corrected chi connectivity index (χ2v) is 5.70. The van der Waals surface area contributed by atoms with E-state index in [9.17, 15) is 22.8 Å². The SMILES string of the molecule is CC(=O)Nc1cccc(C(C)NC(=O)Nc2ccc(C(F)(F)F)cc2)c1. The summed E-state index contributed by atoms with van der Waals surface area (Å²) in [6, 6.07) is 10.2. The maximum Gasteiger partial charge on any atom is 0.416 e. The number of carbonyl (C=O) groups excluding carboxylic acids is 2.